The zero-order valence-electron chi connectivity index (χ0n) is 9.38. The van der Waals surface area contributed by atoms with Crippen LogP contribution in [0.2, 0.25) is 5.28 Å². The summed E-state index contributed by atoms with van der Waals surface area (Å²) in [4.78, 5) is 19.1. The fourth-order valence-electron chi connectivity index (χ4n) is 1.54. The van der Waals surface area contributed by atoms with E-state index in [0.717, 1.165) is 5.69 Å². The van der Waals surface area contributed by atoms with Crippen LogP contribution in [-0.2, 0) is 0 Å². The molecule has 0 spiro atoms. The highest BCUT2D eigenvalue weighted by Gasteiger charge is 2.12. The number of hydrogen-bond acceptors (Lipinski definition) is 5. The molecule has 3 aromatic rings. The number of halogens is 1. The highest BCUT2D eigenvalue weighted by atomic mass is 35.5. The van der Waals surface area contributed by atoms with Crippen molar-refractivity contribution in [1.82, 2.24) is 24.9 Å². The summed E-state index contributed by atoms with van der Waals surface area (Å²) in [5.74, 6) is 0.946. The molecule has 3 rings (SSSR count). The van der Waals surface area contributed by atoms with Gasteiger partial charge in [-0.05, 0) is 30.7 Å². The highest BCUT2D eigenvalue weighted by Crippen LogP contribution is 2.27. The molecule has 0 aliphatic carbocycles. The number of hydrogen-bond donors (Lipinski definition) is 1. The van der Waals surface area contributed by atoms with Gasteiger partial charge in [-0.1, -0.05) is 0 Å². The van der Waals surface area contributed by atoms with Crippen LogP contribution in [0, 0.1) is 6.92 Å². The average Bonchev–Trinajstić information content (AvgIpc) is 2.80. The summed E-state index contributed by atoms with van der Waals surface area (Å²) in [6.45, 7) is 1.85. The van der Waals surface area contributed by atoms with Gasteiger partial charge in [-0.2, -0.15) is 9.97 Å². The number of imidazole rings is 1. The molecule has 0 atom stereocenters. The zero-order valence-corrected chi connectivity index (χ0v) is 10.1. The number of pyridine rings is 1. The largest absolute Gasteiger partial charge is 0.435 e. The first-order valence-corrected chi connectivity index (χ1v) is 5.58. The molecular weight excluding hydrogens is 254 g/mol. The lowest BCUT2D eigenvalue weighted by molar-refractivity contribution is 0.461. The Morgan fingerprint density at radius 3 is 3.00 bits per heavy atom. The fraction of sp³-hybridized carbons (Fsp3) is 0.0909. The van der Waals surface area contributed by atoms with Gasteiger partial charge in [-0.3, -0.25) is 4.98 Å². The summed E-state index contributed by atoms with van der Waals surface area (Å²) >= 11 is 5.82. The van der Waals surface area contributed by atoms with Crippen LogP contribution in [0.25, 0.3) is 11.2 Å². The SMILES string of the molecule is Cc1ncccc1Oc1nc(Cl)nc2nc[nH]c12. The van der Waals surface area contributed by atoms with Gasteiger partial charge >= 0.3 is 0 Å². The molecule has 0 aliphatic rings. The molecule has 6 nitrogen and oxygen atoms in total. The highest BCUT2D eigenvalue weighted by molar-refractivity contribution is 6.28. The van der Waals surface area contributed by atoms with E-state index in [1.54, 1.807) is 18.3 Å². The summed E-state index contributed by atoms with van der Waals surface area (Å²) in [5.41, 5.74) is 1.83. The van der Waals surface area contributed by atoms with Crippen LogP contribution in [0.5, 0.6) is 11.6 Å². The molecule has 0 aromatic carbocycles. The normalized spacial score (nSPS) is 10.8. The Labute approximate surface area is 107 Å². The first-order valence-electron chi connectivity index (χ1n) is 5.20. The van der Waals surface area contributed by atoms with Gasteiger partial charge in [0.2, 0.25) is 11.2 Å². The molecule has 0 amide bonds. The molecule has 3 heterocycles. The minimum Gasteiger partial charge on any atom is -0.435 e. The van der Waals surface area contributed by atoms with Crippen molar-refractivity contribution in [3.05, 3.63) is 35.6 Å². The number of nitrogens with zero attached hydrogens (tertiary/aromatic N) is 4. The third-order valence-corrected chi connectivity index (χ3v) is 2.56. The second kappa shape index (κ2) is 4.23. The Morgan fingerprint density at radius 1 is 1.28 bits per heavy atom. The second-order valence-electron chi connectivity index (χ2n) is 3.59. The maximum Gasteiger partial charge on any atom is 0.250 e. The smallest absolute Gasteiger partial charge is 0.250 e. The van der Waals surface area contributed by atoms with E-state index < -0.39 is 0 Å². The van der Waals surface area contributed by atoms with Gasteiger partial charge in [0.25, 0.3) is 0 Å². The van der Waals surface area contributed by atoms with Crippen LogP contribution in [0.1, 0.15) is 5.69 Å². The summed E-state index contributed by atoms with van der Waals surface area (Å²) in [7, 11) is 0. The van der Waals surface area contributed by atoms with Crippen LogP contribution in [0.4, 0.5) is 0 Å². The Bertz CT molecular complexity index is 711. The van der Waals surface area contributed by atoms with E-state index in [4.69, 9.17) is 16.3 Å². The lowest BCUT2D eigenvalue weighted by Crippen LogP contribution is -1.95. The minimum absolute atomic E-state index is 0.0890. The Morgan fingerprint density at radius 2 is 2.17 bits per heavy atom. The van der Waals surface area contributed by atoms with Crippen molar-refractivity contribution in [3.63, 3.8) is 0 Å². The molecule has 0 fully saturated rings. The van der Waals surface area contributed by atoms with Gasteiger partial charge in [0.1, 0.15) is 5.52 Å². The number of aromatic amines is 1. The molecule has 1 N–H and O–H groups in total. The van der Waals surface area contributed by atoms with E-state index in [-0.39, 0.29) is 5.28 Å². The number of rotatable bonds is 2. The molecule has 3 aromatic heterocycles. The fourth-order valence-corrected chi connectivity index (χ4v) is 1.69. The second-order valence-corrected chi connectivity index (χ2v) is 3.93. The van der Waals surface area contributed by atoms with Crippen molar-refractivity contribution < 1.29 is 4.74 Å². The zero-order chi connectivity index (χ0) is 12.5. The van der Waals surface area contributed by atoms with Crippen molar-refractivity contribution in [2.24, 2.45) is 0 Å². The molecule has 7 heteroatoms. The van der Waals surface area contributed by atoms with Gasteiger partial charge in [-0.15, -0.1) is 0 Å². The molecule has 0 saturated carbocycles. The predicted molar refractivity (Wildman–Crippen MR) is 65.7 cm³/mol. The van der Waals surface area contributed by atoms with Gasteiger partial charge in [0, 0.05) is 6.20 Å². The summed E-state index contributed by atoms with van der Waals surface area (Å²) in [6, 6.07) is 3.59. The summed E-state index contributed by atoms with van der Waals surface area (Å²) < 4.78 is 5.69. The Hall–Kier alpha value is -2.21. The van der Waals surface area contributed by atoms with Crippen LogP contribution in [0.3, 0.4) is 0 Å². The molecule has 0 aliphatic heterocycles. The number of H-pyrrole nitrogens is 1. The molecular formula is C11H8ClN5O. The van der Waals surface area contributed by atoms with Crippen molar-refractivity contribution in [2.75, 3.05) is 0 Å². The predicted octanol–water partition coefficient (Wildman–Crippen LogP) is 2.50. The maximum absolute atomic E-state index is 5.82. The van der Waals surface area contributed by atoms with Crippen molar-refractivity contribution in [2.45, 2.75) is 6.92 Å². The number of fused-ring (bicyclic) bond motifs is 1. The van der Waals surface area contributed by atoms with Gasteiger partial charge in [0.15, 0.2) is 11.4 Å². The van der Waals surface area contributed by atoms with E-state index >= 15 is 0 Å². The first-order chi connectivity index (χ1) is 8.74. The quantitative estimate of drug-likeness (QED) is 0.717. The molecule has 0 saturated heterocycles. The minimum atomic E-state index is 0.0890. The van der Waals surface area contributed by atoms with E-state index in [1.807, 2.05) is 6.92 Å². The van der Waals surface area contributed by atoms with E-state index in [0.29, 0.717) is 22.8 Å². The Balaban J connectivity index is 2.10. The molecule has 18 heavy (non-hydrogen) atoms. The molecule has 0 unspecified atom stereocenters. The Kier molecular flexibility index (Phi) is 2.56. The summed E-state index contributed by atoms with van der Waals surface area (Å²) in [5, 5.41) is 0.0890. The van der Waals surface area contributed by atoms with E-state index in [9.17, 15) is 0 Å². The lowest BCUT2D eigenvalue weighted by atomic mass is 10.3. The first kappa shape index (κ1) is 10.9. The van der Waals surface area contributed by atoms with Crippen LogP contribution >= 0.6 is 11.6 Å². The number of aryl methyl sites for hydroxylation is 1. The number of ether oxygens (including phenoxy) is 1. The molecule has 0 bridgehead atoms. The van der Waals surface area contributed by atoms with E-state index in [2.05, 4.69) is 24.9 Å². The topological polar surface area (TPSA) is 76.6 Å². The van der Waals surface area contributed by atoms with Crippen molar-refractivity contribution in [3.8, 4) is 11.6 Å². The number of nitrogens with one attached hydrogen (secondary N) is 1. The van der Waals surface area contributed by atoms with E-state index in [1.165, 1.54) is 6.33 Å². The average molecular weight is 262 g/mol. The van der Waals surface area contributed by atoms with Gasteiger partial charge < -0.3 is 9.72 Å². The van der Waals surface area contributed by atoms with Crippen molar-refractivity contribution in [1.29, 1.82) is 0 Å². The van der Waals surface area contributed by atoms with Crippen molar-refractivity contribution >= 4 is 22.8 Å². The molecule has 0 radical (unpaired) electrons. The van der Waals surface area contributed by atoms with Gasteiger partial charge in [0.05, 0.1) is 12.0 Å². The third kappa shape index (κ3) is 1.86. The van der Waals surface area contributed by atoms with Crippen LogP contribution < -0.4 is 4.74 Å². The summed E-state index contributed by atoms with van der Waals surface area (Å²) in [6.07, 6.45) is 3.21. The van der Waals surface area contributed by atoms with Gasteiger partial charge in [-0.25, -0.2) is 4.98 Å². The standard InChI is InChI=1S/C11H8ClN5O/c1-6-7(3-2-4-13-6)18-10-8-9(15-5-14-8)16-11(12)17-10/h2-5H,1H3,(H,14,15,16,17). The van der Waals surface area contributed by atoms with Crippen LogP contribution in [0.15, 0.2) is 24.7 Å². The lowest BCUT2D eigenvalue weighted by Gasteiger charge is -2.07. The maximum atomic E-state index is 5.82. The van der Waals surface area contributed by atoms with Crippen LogP contribution in [-0.4, -0.2) is 24.9 Å². The third-order valence-electron chi connectivity index (χ3n) is 2.39. The monoisotopic (exact) mass is 261 g/mol. The molecule has 90 valence electrons. The number of aromatic nitrogens is 5.